The minimum Gasteiger partial charge on any atom is -0.349 e. The van der Waals surface area contributed by atoms with E-state index in [-0.39, 0.29) is 31.6 Å². The minimum absolute atomic E-state index is 0.198. The highest BCUT2D eigenvalue weighted by atomic mass is 31.2. The first kappa shape index (κ1) is 22.4. The van der Waals surface area contributed by atoms with Crippen molar-refractivity contribution in [3.63, 3.8) is 0 Å². The molecular formula is C22H30NO4P. The summed E-state index contributed by atoms with van der Waals surface area (Å²) in [6.07, 6.45) is 0.248. The molecule has 0 saturated heterocycles. The number of amides is 1. The van der Waals surface area contributed by atoms with Gasteiger partial charge < -0.3 is 14.4 Å². The van der Waals surface area contributed by atoms with Crippen molar-refractivity contribution in [2.24, 2.45) is 0 Å². The molecule has 1 N–H and O–H groups in total. The first-order valence-corrected chi connectivity index (χ1v) is 11.2. The summed E-state index contributed by atoms with van der Waals surface area (Å²) in [5.74, 6) is -0.349. The first-order chi connectivity index (χ1) is 13.4. The lowest BCUT2D eigenvalue weighted by Gasteiger charge is -2.35. The second kappa shape index (κ2) is 10.0. The molecule has 2 rings (SSSR count). The summed E-state index contributed by atoms with van der Waals surface area (Å²) in [7, 11) is -3.72. The average molecular weight is 403 g/mol. The normalized spacial score (nSPS) is 14.9. The molecule has 2 aromatic carbocycles. The van der Waals surface area contributed by atoms with Gasteiger partial charge in [-0.2, -0.15) is 0 Å². The van der Waals surface area contributed by atoms with Crippen LogP contribution in [-0.2, 0) is 24.8 Å². The smallest absolute Gasteiger partial charge is 0.346 e. The van der Waals surface area contributed by atoms with Crippen molar-refractivity contribution >= 4 is 13.5 Å². The fraction of sp³-hybridized carbons (Fsp3) is 0.409. The Hall–Kier alpha value is -1.94. The van der Waals surface area contributed by atoms with Gasteiger partial charge in [0.15, 0.2) is 5.16 Å². The van der Waals surface area contributed by atoms with E-state index in [1.807, 2.05) is 67.6 Å². The van der Waals surface area contributed by atoms with Crippen LogP contribution in [-0.4, -0.2) is 24.3 Å². The Morgan fingerprint density at radius 2 is 1.50 bits per heavy atom. The average Bonchev–Trinajstić information content (AvgIpc) is 2.69. The van der Waals surface area contributed by atoms with Crippen molar-refractivity contribution in [3.05, 3.63) is 71.8 Å². The molecule has 0 saturated carbocycles. The second-order valence-electron chi connectivity index (χ2n) is 6.88. The van der Waals surface area contributed by atoms with E-state index in [0.717, 1.165) is 11.1 Å². The number of hydrogen-bond donors (Lipinski definition) is 1. The third-order valence-corrected chi connectivity index (χ3v) is 7.50. The Labute approximate surface area is 168 Å². The molecule has 0 aromatic heterocycles. The molecule has 0 aliphatic carbocycles. The van der Waals surface area contributed by atoms with Gasteiger partial charge in [0.1, 0.15) is 0 Å². The predicted molar refractivity (Wildman–Crippen MR) is 112 cm³/mol. The molecule has 0 heterocycles. The maximum absolute atomic E-state index is 13.7. The molecule has 0 spiro atoms. The van der Waals surface area contributed by atoms with Gasteiger partial charge in [-0.3, -0.25) is 9.36 Å². The maximum Gasteiger partial charge on any atom is 0.346 e. The van der Waals surface area contributed by atoms with E-state index in [9.17, 15) is 9.36 Å². The third-order valence-electron chi connectivity index (χ3n) is 4.73. The largest absolute Gasteiger partial charge is 0.349 e. The molecule has 1 amide bonds. The molecule has 6 heteroatoms. The Bertz CT molecular complexity index is 787. The number of hydrogen-bond acceptors (Lipinski definition) is 4. The summed E-state index contributed by atoms with van der Waals surface area (Å²) in [5.41, 5.74) is 1.87. The number of nitrogens with one attached hydrogen (secondary N) is 1. The van der Waals surface area contributed by atoms with Crippen LogP contribution in [0.4, 0.5) is 0 Å². The summed E-state index contributed by atoms with van der Waals surface area (Å²) in [6.45, 7) is 7.46. The quantitative estimate of drug-likeness (QED) is 0.559. The fourth-order valence-corrected chi connectivity index (χ4v) is 5.15. The predicted octanol–water partition coefficient (Wildman–Crippen LogP) is 5.13. The summed E-state index contributed by atoms with van der Waals surface area (Å²) >= 11 is 0. The lowest BCUT2D eigenvalue weighted by atomic mass is 9.98. The molecule has 0 bridgehead atoms. The van der Waals surface area contributed by atoms with E-state index in [0.29, 0.717) is 0 Å². The van der Waals surface area contributed by atoms with Gasteiger partial charge >= 0.3 is 7.60 Å². The third kappa shape index (κ3) is 5.11. The van der Waals surface area contributed by atoms with E-state index < -0.39 is 12.8 Å². The highest BCUT2D eigenvalue weighted by molar-refractivity contribution is 7.56. The minimum atomic E-state index is -3.72. The SMILES string of the molecule is CCOP(=O)(OCC)[C@](C)(Cc1ccccc1)C(=O)N[C@@H](C)c1ccccc1. The van der Waals surface area contributed by atoms with Crippen LogP contribution in [0.3, 0.4) is 0 Å². The fourth-order valence-electron chi connectivity index (χ4n) is 3.13. The second-order valence-corrected chi connectivity index (χ2v) is 9.37. The van der Waals surface area contributed by atoms with Crippen LogP contribution in [0.2, 0.25) is 0 Å². The molecule has 28 heavy (non-hydrogen) atoms. The summed E-state index contributed by atoms with van der Waals surface area (Å²) in [6, 6.07) is 19.0. The summed E-state index contributed by atoms with van der Waals surface area (Å²) < 4.78 is 24.9. The monoisotopic (exact) mass is 403 g/mol. The van der Waals surface area contributed by atoms with Gasteiger partial charge in [0, 0.05) is 0 Å². The number of rotatable bonds is 10. The standard InChI is InChI=1S/C22H30NO4P/c1-5-26-28(25,27-6-2)22(4,17-19-13-9-7-10-14-19)21(24)23-18(3)20-15-11-8-12-16-20/h7-16,18H,5-6,17H2,1-4H3,(H,23,24)/t18-,22+/m0/s1. The molecule has 0 radical (unpaired) electrons. The molecule has 2 atom stereocenters. The lowest BCUT2D eigenvalue weighted by Crippen LogP contribution is -2.47. The van der Waals surface area contributed by atoms with Crippen molar-refractivity contribution < 1.29 is 18.4 Å². The zero-order valence-electron chi connectivity index (χ0n) is 17.1. The zero-order chi connectivity index (χ0) is 20.6. The van der Waals surface area contributed by atoms with Crippen molar-refractivity contribution in [3.8, 4) is 0 Å². The Balaban J connectivity index is 2.38. The maximum atomic E-state index is 13.7. The van der Waals surface area contributed by atoms with Crippen molar-refractivity contribution in [1.82, 2.24) is 5.32 Å². The van der Waals surface area contributed by atoms with E-state index in [2.05, 4.69) is 5.32 Å². The van der Waals surface area contributed by atoms with Gasteiger partial charge in [0.2, 0.25) is 5.91 Å². The Morgan fingerprint density at radius 3 is 2.00 bits per heavy atom. The first-order valence-electron chi connectivity index (χ1n) is 9.65. The topological polar surface area (TPSA) is 64.6 Å². The van der Waals surface area contributed by atoms with Crippen LogP contribution in [0.15, 0.2) is 60.7 Å². The van der Waals surface area contributed by atoms with Crippen LogP contribution in [0.25, 0.3) is 0 Å². The molecule has 0 aliphatic rings. The van der Waals surface area contributed by atoms with Gasteiger partial charge in [-0.1, -0.05) is 60.7 Å². The number of benzene rings is 2. The number of carbonyl (C=O) groups excluding carboxylic acids is 1. The molecule has 152 valence electrons. The van der Waals surface area contributed by atoms with E-state index in [1.165, 1.54) is 0 Å². The zero-order valence-corrected chi connectivity index (χ0v) is 17.9. The molecule has 0 unspecified atom stereocenters. The van der Waals surface area contributed by atoms with Gasteiger partial charge in [0.25, 0.3) is 0 Å². The molecule has 0 fully saturated rings. The van der Waals surface area contributed by atoms with Crippen LogP contribution in [0, 0.1) is 0 Å². The van der Waals surface area contributed by atoms with Crippen LogP contribution in [0.5, 0.6) is 0 Å². The van der Waals surface area contributed by atoms with E-state index in [1.54, 1.807) is 20.8 Å². The summed E-state index contributed by atoms with van der Waals surface area (Å²) in [5, 5.41) is 1.65. The highest BCUT2D eigenvalue weighted by Crippen LogP contribution is 2.61. The van der Waals surface area contributed by atoms with Gasteiger partial charge in [-0.15, -0.1) is 0 Å². The van der Waals surface area contributed by atoms with Gasteiger partial charge in [0.05, 0.1) is 19.3 Å². The molecule has 0 aliphatic heterocycles. The van der Waals surface area contributed by atoms with Gasteiger partial charge in [-0.05, 0) is 45.2 Å². The summed E-state index contributed by atoms with van der Waals surface area (Å²) in [4.78, 5) is 13.4. The van der Waals surface area contributed by atoms with E-state index >= 15 is 0 Å². The highest BCUT2D eigenvalue weighted by Gasteiger charge is 2.53. The Morgan fingerprint density at radius 1 is 1.00 bits per heavy atom. The van der Waals surface area contributed by atoms with Crippen molar-refractivity contribution in [1.29, 1.82) is 0 Å². The van der Waals surface area contributed by atoms with Crippen LogP contribution in [0.1, 0.15) is 44.9 Å². The number of carbonyl (C=O) groups is 1. The van der Waals surface area contributed by atoms with Gasteiger partial charge in [-0.25, -0.2) is 0 Å². The lowest BCUT2D eigenvalue weighted by molar-refractivity contribution is -0.124. The molecular weight excluding hydrogens is 373 g/mol. The Kier molecular flexibility index (Phi) is 7.99. The van der Waals surface area contributed by atoms with Crippen LogP contribution >= 0.6 is 7.60 Å². The van der Waals surface area contributed by atoms with E-state index in [4.69, 9.17) is 9.05 Å². The van der Waals surface area contributed by atoms with Crippen molar-refractivity contribution in [2.75, 3.05) is 13.2 Å². The molecule has 2 aromatic rings. The molecule has 5 nitrogen and oxygen atoms in total. The van der Waals surface area contributed by atoms with Crippen molar-refractivity contribution in [2.45, 2.75) is 45.3 Å². The van der Waals surface area contributed by atoms with Crippen LogP contribution < -0.4 is 5.32 Å².